The van der Waals surface area contributed by atoms with Crippen LogP contribution in [-0.2, 0) is 22.4 Å². The second-order valence-electron chi connectivity index (χ2n) is 5.67. The van der Waals surface area contributed by atoms with Crippen LogP contribution in [0.15, 0.2) is 116 Å². The van der Waals surface area contributed by atoms with E-state index >= 15 is 0 Å². The van der Waals surface area contributed by atoms with E-state index in [4.69, 9.17) is 1.37 Å². The Kier molecular flexibility index (Phi) is 3.71. The molecule has 8 bridgehead atoms. The fourth-order valence-corrected chi connectivity index (χ4v) is 2.76. The molecule has 0 aromatic rings. The van der Waals surface area contributed by atoms with Gasteiger partial charge in [0.15, 0.2) is 0 Å². The topological polar surface area (TPSA) is 49.4 Å². The van der Waals surface area contributed by atoms with Gasteiger partial charge in [-0.3, -0.25) is 0 Å². The molecule has 5 aliphatic heterocycles. The van der Waals surface area contributed by atoms with Crippen LogP contribution in [0.3, 0.4) is 0 Å². The summed E-state index contributed by atoms with van der Waals surface area (Å²) < 4.78 is 8.11. The third kappa shape index (κ3) is 3.28. The van der Waals surface area contributed by atoms with Crippen LogP contribution < -0.4 is 0 Å². The Bertz CT molecular complexity index is 1080. The van der Waals surface area contributed by atoms with Crippen molar-refractivity contribution in [1.82, 2.24) is 0 Å². The Hall–Kier alpha value is -2.66. The molecular weight excluding hydrogens is 404 g/mol. The van der Waals surface area contributed by atoms with Crippen LogP contribution in [0.2, 0.25) is 0 Å². The van der Waals surface area contributed by atoms with Crippen molar-refractivity contribution in [3.63, 3.8) is 0 Å². The molecule has 0 spiro atoms. The third-order valence-electron chi connectivity index (χ3n) is 3.84. The molecule has 5 heteroatoms. The van der Waals surface area contributed by atoms with Crippen LogP contribution in [0.1, 0.15) is 1.37 Å². The van der Waals surface area contributed by atoms with Gasteiger partial charge in [0.1, 0.15) is 0 Å². The van der Waals surface area contributed by atoms with Gasteiger partial charge in [-0.15, -0.1) is 0 Å². The van der Waals surface area contributed by atoms with Gasteiger partial charge in [0, 0.05) is 22.4 Å². The van der Waals surface area contributed by atoms with E-state index in [-0.39, 0.29) is 22.4 Å². The first-order valence-corrected chi connectivity index (χ1v) is 7.66. The van der Waals surface area contributed by atoms with E-state index in [1.165, 1.54) is 0 Å². The molecule has 0 aliphatic carbocycles. The minimum atomic E-state index is 0. The summed E-state index contributed by atoms with van der Waals surface area (Å²) in [5.41, 5.74) is 6.33. The van der Waals surface area contributed by atoms with E-state index in [0.29, 0.717) is 11.7 Å². The summed E-state index contributed by atoms with van der Waals surface area (Å²) in [6.07, 6.45) is 21.0. The maximum Gasteiger partial charge on any atom is 0.0659 e. The molecule has 0 unspecified atom stereocenters. The second kappa shape index (κ2) is 6.33. The van der Waals surface area contributed by atoms with Crippen molar-refractivity contribution in [2.45, 2.75) is 0 Å². The van der Waals surface area contributed by atoms with Gasteiger partial charge in [0.25, 0.3) is 0 Å². The third-order valence-corrected chi connectivity index (χ3v) is 3.84. The minimum Gasteiger partial charge on any atom is -0.249 e. The summed E-state index contributed by atoms with van der Waals surface area (Å²) in [6, 6.07) is 0.379. The van der Waals surface area contributed by atoms with Crippen molar-refractivity contribution in [3.05, 3.63) is 95.7 Å². The molecular formula is C20H12AgN4. The number of nitrogens with zero attached hydrogens (tertiary/aromatic N) is 4. The molecule has 4 nitrogen and oxygen atoms in total. The maximum absolute atomic E-state index is 8.11. The molecule has 0 amide bonds. The number of hydrogen-bond donors (Lipinski definition) is 0. The van der Waals surface area contributed by atoms with Gasteiger partial charge >= 0.3 is 0 Å². The number of hydrogen-bond acceptors (Lipinski definition) is 4. The van der Waals surface area contributed by atoms with Crippen molar-refractivity contribution in [1.29, 1.82) is 0 Å². The van der Waals surface area contributed by atoms with Gasteiger partial charge in [0.2, 0.25) is 0 Å². The summed E-state index contributed by atoms with van der Waals surface area (Å²) >= 11 is 0. The zero-order valence-corrected chi connectivity index (χ0v) is 14.4. The van der Waals surface area contributed by atoms with Gasteiger partial charge in [-0.25, -0.2) is 20.0 Å². The molecule has 1 radical (unpaired) electrons. The molecule has 0 saturated heterocycles. The molecule has 123 valence electrons. The van der Waals surface area contributed by atoms with Crippen molar-refractivity contribution in [3.8, 4) is 0 Å². The molecule has 5 heterocycles. The van der Waals surface area contributed by atoms with Crippen LogP contribution in [0.25, 0.3) is 0 Å². The number of fused-ring (bicyclic) bond motifs is 4. The van der Waals surface area contributed by atoms with E-state index in [1.807, 2.05) is 60.8 Å². The predicted octanol–water partition coefficient (Wildman–Crippen LogP) is 3.58. The van der Waals surface area contributed by atoms with Crippen LogP contribution >= 0.6 is 0 Å². The first-order chi connectivity index (χ1) is 12.2. The number of aliphatic imine (C=N–C) groups is 4. The summed E-state index contributed by atoms with van der Waals surface area (Å²) in [4.78, 5) is 18.2. The fourth-order valence-electron chi connectivity index (χ4n) is 2.76. The molecule has 0 aromatic heterocycles. The van der Waals surface area contributed by atoms with Crippen LogP contribution in [0.4, 0.5) is 0 Å². The molecule has 0 fully saturated rings. The van der Waals surface area contributed by atoms with E-state index in [9.17, 15) is 0 Å². The van der Waals surface area contributed by atoms with Gasteiger partial charge in [-0.05, 0) is 72.9 Å². The van der Waals surface area contributed by atoms with Gasteiger partial charge in [0.05, 0.1) is 47.0 Å². The summed E-state index contributed by atoms with van der Waals surface area (Å²) in [6.45, 7) is 0. The Morgan fingerprint density at radius 3 is 1.32 bits per heavy atom. The molecule has 5 rings (SSSR count). The Morgan fingerprint density at radius 2 is 0.840 bits per heavy atom. The summed E-state index contributed by atoms with van der Waals surface area (Å²) in [5.74, 6) is 0. The van der Waals surface area contributed by atoms with Crippen LogP contribution in [0.5, 0.6) is 0 Å². The van der Waals surface area contributed by atoms with Gasteiger partial charge in [-0.1, -0.05) is 0 Å². The molecule has 0 atom stereocenters. The Labute approximate surface area is 162 Å². The second-order valence-corrected chi connectivity index (χ2v) is 5.67. The zero-order chi connectivity index (χ0) is 16.8. The van der Waals surface area contributed by atoms with E-state index in [1.54, 1.807) is 6.08 Å². The van der Waals surface area contributed by atoms with E-state index in [2.05, 4.69) is 20.0 Å². The molecule has 0 saturated carbocycles. The van der Waals surface area contributed by atoms with Crippen molar-refractivity contribution in [2.75, 3.05) is 0 Å². The van der Waals surface area contributed by atoms with Gasteiger partial charge in [-0.2, -0.15) is 0 Å². The quantitative estimate of drug-likeness (QED) is 0.542. The van der Waals surface area contributed by atoms with E-state index in [0.717, 1.165) is 39.9 Å². The standard InChI is InChI=1S/C20H12N4.Ag/c1-2-14-10-16-5-6-18(23-16)12-20-8-7-19(24-20)11-17-4-3-15(22-17)9-13(1)21-14;/h1-12H;/i1D;. The molecule has 25 heavy (non-hydrogen) atoms. The summed E-state index contributed by atoms with van der Waals surface area (Å²) in [7, 11) is 0. The Balaban J connectivity index is 0.00000168. The average Bonchev–Trinajstić information content (AvgIpc) is 3.33. The van der Waals surface area contributed by atoms with Crippen LogP contribution in [0, 0.1) is 0 Å². The van der Waals surface area contributed by atoms with Gasteiger partial charge < -0.3 is 0 Å². The van der Waals surface area contributed by atoms with Crippen molar-refractivity contribution in [2.24, 2.45) is 20.0 Å². The normalized spacial score (nSPS) is 22.7. The largest absolute Gasteiger partial charge is 0.249 e. The van der Waals surface area contributed by atoms with Crippen molar-refractivity contribution >= 4 is 22.8 Å². The van der Waals surface area contributed by atoms with E-state index < -0.39 is 0 Å². The predicted molar refractivity (Wildman–Crippen MR) is 98.6 cm³/mol. The van der Waals surface area contributed by atoms with Crippen LogP contribution in [-0.4, -0.2) is 22.8 Å². The first-order valence-electron chi connectivity index (χ1n) is 8.16. The maximum atomic E-state index is 8.11. The SMILES string of the molecule is [2H]C1=CC2=NC1=CC1=NC(=CC3=NC(=CC4=NC(=C2)C=C4)C=C3)C=C1.[Ag]. The fraction of sp³-hybridized carbons (Fsp3) is 0. The van der Waals surface area contributed by atoms with Crippen molar-refractivity contribution < 1.29 is 23.8 Å². The molecule has 0 N–H and O–H groups in total. The zero-order valence-electron chi connectivity index (χ0n) is 13.9. The average molecular weight is 417 g/mol. The monoisotopic (exact) mass is 416 g/mol. The first kappa shape index (κ1) is 14.7. The Morgan fingerprint density at radius 1 is 0.480 bits per heavy atom. The number of rotatable bonds is 0. The molecule has 5 aliphatic rings. The minimum absolute atomic E-state index is 0. The number of allylic oxidation sites excluding steroid dienone is 12. The smallest absolute Gasteiger partial charge is 0.0659 e. The molecule has 0 aromatic carbocycles. The summed E-state index contributed by atoms with van der Waals surface area (Å²) in [5, 5.41) is 0.